The molecule has 0 aromatic heterocycles. The molecule has 1 aliphatic rings. The molecule has 100 heavy (non-hydrogen) atoms. The number of hydrogen-bond acceptors (Lipinski definition) is 12. The van der Waals surface area contributed by atoms with Crippen LogP contribution in [0.4, 0.5) is 0 Å². The van der Waals surface area contributed by atoms with Gasteiger partial charge < -0.3 is 33.2 Å². The third-order valence-corrected chi connectivity index (χ3v) is 18.8. The summed E-state index contributed by atoms with van der Waals surface area (Å²) in [4.78, 5) is 49.2. The zero-order chi connectivity index (χ0) is 72.7. The molecular weight excluding hydrogens is 1460 g/mol. The van der Waals surface area contributed by atoms with Gasteiger partial charge in [-0.25, -0.2) is 5.84 Å². The van der Waals surface area contributed by atoms with Gasteiger partial charge in [-0.1, -0.05) is 302 Å². The fourth-order valence-corrected chi connectivity index (χ4v) is 11.8. The molecule has 0 spiro atoms. The number of benzene rings is 4. The molecule has 5 rings (SSSR count). The van der Waals surface area contributed by atoms with Crippen LogP contribution in [0, 0.1) is 0 Å². The standard InChI is InChI=1S/C39H61BrN2O5.C31H56N2O4.C8H6Br2O.C4H8O/c1-4-7-10-13-16-19-26-45-35-29-34(39(44)42-41-38(43)33-24-22-32(31-40)23-25-33)30-36(46-27-20-17-14-11-8-5-2)37(35)47-28-21-18-15-12-9-6-3;1-4-7-10-13-16-19-22-35-28-25-27(31(34)33-32)26-29(36-23-20-17-14-11-8-5-2)30(28)37-24-21-18-15-12-9-6-3;9-5-6-1-3-7(4-2-6)8(10)11;1-2-4-5-3-1/h22-25,29-30H,4-21,26-28,31H2,1-3H3,(H,41,43)(H,42,44);25-26H,4-24,32H2,1-3H3,(H,33,34);1-4H,5H2;1-4H2. The normalized spacial score (nSPS) is 11.4. The lowest BCUT2D eigenvalue weighted by Gasteiger charge is -2.19. The van der Waals surface area contributed by atoms with E-state index in [1.807, 2.05) is 24.3 Å². The van der Waals surface area contributed by atoms with Crippen molar-refractivity contribution in [3.8, 4) is 34.5 Å². The summed E-state index contributed by atoms with van der Waals surface area (Å²) < 4.78 is 42.4. The molecule has 4 aromatic rings. The highest BCUT2D eigenvalue weighted by Gasteiger charge is 2.22. The van der Waals surface area contributed by atoms with Crippen LogP contribution >= 0.6 is 47.8 Å². The van der Waals surface area contributed by atoms with E-state index in [1.165, 1.54) is 173 Å². The fourth-order valence-electron chi connectivity index (χ4n) is 10.8. The van der Waals surface area contributed by atoms with Crippen molar-refractivity contribution < 1.29 is 52.3 Å². The Labute approximate surface area is 630 Å². The number of ether oxygens (including phenoxy) is 7. The Hall–Kier alpha value is -4.88. The number of alkyl halides is 2. The third kappa shape index (κ3) is 44.6. The Bertz CT molecular complexity index is 2600. The van der Waals surface area contributed by atoms with Gasteiger partial charge in [-0.2, -0.15) is 0 Å². The van der Waals surface area contributed by atoms with Gasteiger partial charge in [0.2, 0.25) is 16.2 Å². The second-order valence-electron chi connectivity index (χ2n) is 25.9. The van der Waals surface area contributed by atoms with E-state index in [-0.39, 0.29) is 10.6 Å². The lowest BCUT2D eigenvalue weighted by molar-refractivity contribution is 0.0846. The van der Waals surface area contributed by atoms with Gasteiger partial charge in [0.05, 0.1) is 39.6 Å². The number of carbonyl (C=O) groups excluding carboxylic acids is 4. The van der Waals surface area contributed by atoms with Crippen molar-refractivity contribution in [3.63, 3.8) is 0 Å². The van der Waals surface area contributed by atoms with Crippen LogP contribution in [0.3, 0.4) is 0 Å². The van der Waals surface area contributed by atoms with Crippen molar-refractivity contribution in [1.29, 1.82) is 0 Å². The lowest BCUT2D eigenvalue weighted by atomic mass is 10.1. The number of hydrogen-bond donors (Lipinski definition) is 4. The molecule has 0 radical (unpaired) electrons. The summed E-state index contributed by atoms with van der Waals surface area (Å²) in [5.74, 6) is 7.55. The van der Waals surface area contributed by atoms with Crippen molar-refractivity contribution in [1.82, 2.24) is 16.3 Å². The van der Waals surface area contributed by atoms with Gasteiger partial charge in [-0.05, 0) is 115 Å². The molecule has 0 saturated carbocycles. The summed E-state index contributed by atoms with van der Waals surface area (Å²) >= 11 is 9.62. The topological polar surface area (TPSA) is 195 Å². The quantitative estimate of drug-likeness (QED) is 0.00817. The first-order valence-electron chi connectivity index (χ1n) is 38.8. The number of nitrogens with one attached hydrogen (secondary N) is 3. The van der Waals surface area contributed by atoms with Crippen molar-refractivity contribution in [2.75, 3.05) is 52.9 Å². The molecule has 1 aliphatic heterocycles. The minimum Gasteiger partial charge on any atom is -0.490 e. The fraction of sp³-hybridized carbons (Fsp3) is 0.659. The Morgan fingerprint density at radius 3 is 0.850 bits per heavy atom. The zero-order valence-electron chi connectivity index (χ0n) is 62.6. The first-order valence-corrected chi connectivity index (χ1v) is 41.8. The van der Waals surface area contributed by atoms with E-state index in [0.29, 0.717) is 102 Å². The number of nitrogens with two attached hydrogens (primary N) is 1. The van der Waals surface area contributed by atoms with Gasteiger partial charge in [0.25, 0.3) is 17.7 Å². The van der Waals surface area contributed by atoms with Crippen molar-refractivity contribution in [2.45, 2.75) is 296 Å². The summed E-state index contributed by atoms with van der Waals surface area (Å²) in [5, 5.41) is 1.53. The van der Waals surface area contributed by atoms with Gasteiger partial charge in [0.15, 0.2) is 23.0 Å². The Morgan fingerprint density at radius 1 is 0.350 bits per heavy atom. The van der Waals surface area contributed by atoms with E-state index < -0.39 is 11.8 Å². The van der Waals surface area contributed by atoms with E-state index in [9.17, 15) is 19.2 Å². The second-order valence-corrected chi connectivity index (χ2v) is 27.8. The molecule has 0 atom stereocenters. The summed E-state index contributed by atoms with van der Waals surface area (Å²) in [7, 11) is 0. The lowest BCUT2D eigenvalue weighted by Crippen LogP contribution is -2.41. The maximum atomic E-state index is 13.4. The average Bonchev–Trinajstić information content (AvgIpc) is 1.12. The van der Waals surface area contributed by atoms with E-state index in [1.54, 1.807) is 48.5 Å². The third-order valence-electron chi connectivity index (χ3n) is 17.0. The first kappa shape index (κ1) is 91.2. The molecule has 566 valence electrons. The first-order chi connectivity index (χ1) is 48.9. The highest BCUT2D eigenvalue weighted by molar-refractivity contribution is 9.18. The van der Waals surface area contributed by atoms with Crippen molar-refractivity contribution >= 4 is 70.2 Å². The maximum Gasteiger partial charge on any atom is 0.269 e. The molecule has 4 aromatic carbocycles. The SMILES string of the molecule is C1CCOC1.CCCCCCCCOc1cc(C(=O)NN)cc(OCCCCCCCC)c1OCCCCCCCC.CCCCCCCCOc1cc(C(=O)NNC(=O)c2ccc(CBr)cc2)cc(OCCCCCCCC)c1OCCCCCCCC.O=C(Br)c1ccc(CBr)cc1. The summed E-state index contributed by atoms with van der Waals surface area (Å²) in [6.07, 6.45) is 44.8. The summed E-state index contributed by atoms with van der Waals surface area (Å²) in [6, 6.07) is 21.5. The molecule has 18 heteroatoms. The second kappa shape index (κ2) is 63.8. The molecule has 0 bridgehead atoms. The van der Waals surface area contributed by atoms with Crippen LogP contribution in [0.2, 0.25) is 0 Å². The van der Waals surface area contributed by atoms with Crippen LogP contribution in [0.25, 0.3) is 0 Å². The monoisotopic (exact) mass is 1580 g/mol. The summed E-state index contributed by atoms with van der Waals surface area (Å²) in [5.41, 5.74) is 11.5. The van der Waals surface area contributed by atoms with Crippen LogP contribution in [-0.2, 0) is 15.4 Å². The molecule has 5 N–H and O–H groups in total. The van der Waals surface area contributed by atoms with Gasteiger partial charge in [0, 0.05) is 46.1 Å². The molecule has 1 heterocycles. The molecule has 0 aliphatic carbocycles. The number of nitrogen functional groups attached to an aromatic ring is 1. The van der Waals surface area contributed by atoms with Gasteiger partial charge in [-0.15, -0.1) is 0 Å². The molecule has 1 fully saturated rings. The smallest absolute Gasteiger partial charge is 0.269 e. The Morgan fingerprint density at radius 2 is 0.600 bits per heavy atom. The Kier molecular flexibility index (Phi) is 58.2. The number of rotatable bonds is 54. The van der Waals surface area contributed by atoms with Crippen LogP contribution in [0.15, 0.2) is 72.8 Å². The number of unbranched alkanes of at least 4 members (excludes halogenated alkanes) is 30. The number of amides is 3. The molecule has 0 unspecified atom stereocenters. The van der Waals surface area contributed by atoms with Crippen LogP contribution < -0.4 is 50.5 Å². The minimum absolute atomic E-state index is 0.0707. The van der Waals surface area contributed by atoms with E-state index in [0.717, 1.165) is 101 Å². The van der Waals surface area contributed by atoms with E-state index >= 15 is 0 Å². The maximum absolute atomic E-state index is 13.4. The predicted molar refractivity (Wildman–Crippen MR) is 424 cm³/mol. The number of halogens is 3. The van der Waals surface area contributed by atoms with Crippen LogP contribution in [0.5, 0.6) is 34.5 Å². The molecular formula is C82H131Br3N4O11. The minimum atomic E-state index is -0.452. The zero-order valence-corrected chi connectivity index (χ0v) is 67.3. The van der Waals surface area contributed by atoms with Crippen LogP contribution in [0.1, 0.15) is 338 Å². The highest BCUT2D eigenvalue weighted by Crippen LogP contribution is 2.41. The molecule has 15 nitrogen and oxygen atoms in total. The largest absolute Gasteiger partial charge is 0.490 e. The van der Waals surface area contributed by atoms with Crippen molar-refractivity contribution in [3.05, 3.63) is 106 Å². The van der Waals surface area contributed by atoms with Gasteiger partial charge in [-0.3, -0.25) is 35.5 Å². The number of hydrazine groups is 2. The van der Waals surface area contributed by atoms with E-state index in [4.69, 9.17) is 39.0 Å². The van der Waals surface area contributed by atoms with Crippen molar-refractivity contribution in [2.24, 2.45) is 5.84 Å². The number of carbonyl (C=O) groups is 4. The highest BCUT2D eigenvalue weighted by atomic mass is 79.9. The molecule has 3 amide bonds. The summed E-state index contributed by atoms with van der Waals surface area (Å²) in [6.45, 7) is 18.8. The van der Waals surface area contributed by atoms with Crippen LogP contribution in [-0.4, -0.2) is 75.3 Å². The predicted octanol–water partition coefficient (Wildman–Crippen LogP) is 23.3. The van der Waals surface area contributed by atoms with E-state index in [2.05, 4.69) is 106 Å². The average molecular weight is 1590 g/mol. The Balaban J connectivity index is 0.000000562. The molecule has 1 saturated heterocycles. The van der Waals surface area contributed by atoms with Gasteiger partial charge in [0.1, 0.15) is 0 Å². The van der Waals surface area contributed by atoms with Gasteiger partial charge >= 0.3 is 0 Å².